The maximum Gasteiger partial charge on any atom is 0.302 e. The van der Waals surface area contributed by atoms with Gasteiger partial charge in [0.05, 0.1) is 6.10 Å². The third-order valence-corrected chi connectivity index (χ3v) is 1.57. The Balaban J connectivity index is 3.84. The van der Waals surface area contributed by atoms with E-state index in [2.05, 4.69) is 0 Å². The van der Waals surface area contributed by atoms with Crippen LogP contribution in [0, 0.1) is 0 Å². The number of hydrogen-bond acceptors (Lipinski definition) is 3. The molecule has 0 saturated carbocycles. The Morgan fingerprint density at radius 3 is 2.27 bits per heavy atom. The van der Waals surface area contributed by atoms with Gasteiger partial charge in [0.1, 0.15) is 6.10 Å². The molecule has 2 unspecified atom stereocenters. The molecule has 0 heterocycles. The first-order valence-corrected chi connectivity index (χ1v) is 3.97. The van der Waals surface area contributed by atoms with Crippen LogP contribution >= 0.6 is 0 Å². The lowest BCUT2D eigenvalue weighted by Gasteiger charge is -2.19. The van der Waals surface area contributed by atoms with Gasteiger partial charge in [-0.1, -0.05) is 13.8 Å². The van der Waals surface area contributed by atoms with Crippen LogP contribution in [-0.4, -0.2) is 23.3 Å². The van der Waals surface area contributed by atoms with Gasteiger partial charge in [0.15, 0.2) is 0 Å². The summed E-state index contributed by atoms with van der Waals surface area (Å²) in [5.74, 6) is -0.329. The van der Waals surface area contributed by atoms with E-state index in [1.54, 1.807) is 0 Å². The molecule has 3 nitrogen and oxygen atoms in total. The van der Waals surface area contributed by atoms with Crippen molar-refractivity contribution in [2.24, 2.45) is 0 Å². The van der Waals surface area contributed by atoms with Crippen molar-refractivity contribution >= 4 is 5.97 Å². The molecule has 0 bridgehead atoms. The molecular weight excluding hydrogens is 144 g/mol. The smallest absolute Gasteiger partial charge is 0.302 e. The first-order chi connectivity index (χ1) is 5.11. The Morgan fingerprint density at radius 1 is 1.45 bits per heavy atom. The molecule has 66 valence electrons. The lowest BCUT2D eigenvalue weighted by Crippen LogP contribution is -2.29. The second-order valence-electron chi connectivity index (χ2n) is 2.53. The predicted molar refractivity (Wildman–Crippen MR) is 42.1 cm³/mol. The van der Waals surface area contributed by atoms with Crippen LogP contribution in [0.4, 0.5) is 0 Å². The molecule has 0 fully saturated rings. The largest absolute Gasteiger partial charge is 0.460 e. The summed E-state index contributed by atoms with van der Waals surface area (Å²) in [6, 6.07) is 0. The van der Waals surface area contributed by atoms with Crippen molar-refractivity contribution in [1.29, 1.82) is 0 Å². The average molecular weight is 160 g/mol. The molecule has 2 atom stereocenters. The number of aliphatic hydroxyl groups is 1. The Bertz CT molecular complexity index is 123. The number of aliphatic hydroxyl groups excluding tert-OH is 1. The summed E-state index contributed by atoms with van der Waals surface area (Å²) < 4.78 is 4.86. The molecule has 0 aromatic heterocycles. The highest BCUT2D eigenvalue weighted by atomic mass is 16.6. The maximum atomic E-state index is 10.5. The second-order valence-corrected chi connectivity index (χ2v) is 2.53. The molecule has 0 aromatic carbocycles. The summed E-state index contributed by atoms with van der Waals surface area (Å²) >= 11 is 0. The van der Waals surface area contributed by atoms with Crippen LogP contribution in [0.3, 0.4) is 0 Å². The SMILES string of the molecule is CCC(O)C(CC)OC(C)=O. The molecular formula is C8H16O3. The standard InChI is InChI=1S/C8H16O3/c1-4-7(10)8(5-2)11-6(3)9/h7-8,10H,4-5H2,1-3H3. The first-order valence-electron chi connectivity index (χ1n) is 3.97. The summed E-state index contributed by atoms with van der Waals surface area (Å²) in [4.78, 5) is 10.5. The van der Waals surface area contributed by atoms with E-state index >= 15 is 0 Å². The van der Waals surface area contributed by atoms with Crippen molar-refractivity contribution < 1.29 is 14.6 Å². The minimum Gasteiger partial charge on any atom is -0.460 e. The van der Waals surface area contributed by atoms with Gasteiger partial charge in [-0.2, -0.15) is 0 Å². The number of rotatable bonds is 4. The minimum atomic E-state index is -0.524. The van der Waals surface area contributed by atoms with Gasteiger partial charge in [0.25, 0.3) is 0 Å². The van der Waals surface area contributed by atoms with E-state index in [9.17, 15) is 9.90 Å². The van der Waals surface area contributed by atoms with E-state index < -0.39 is 6.10 Å². The molecule has 11 heavy (non-hydrogen) atoms. The summed E-state index contributed by atoms with van der Waals surface area (Å²) in [6.45, 7) is 5.09. The van der Waals surface area contributed by atoms with Gasteiger partial charge in [0.2, 0.25) is 0 Å². The maximum absolute atomic E-state index is 10.5. The van der Waals surface area contributed by atoms with Gasteiger partial charge >= 0.3 is 5.97 Å². The molecule has 1 N–H and O–H groups in total. The van der Waals surface area contributed by atoms with Crippen molar-refractivity contribution in [3.63, 3.8) is 0 Å². The molecule has 0 radical (unpaired) electrons. The molecule has 0 saturated heterocycles. The third-order valence-electron chi connectivity index (χ3n) is 1.57. The minimum absolute atomic E-state index is 0.329. The number of carbonyl (C=O) groups excluding carboxylic acids is 1. The summed E-state index contributed by atoms with van der Waals surface area (Å²) in [5.41, 5.74) is 0. The average Bonchev–Trinajstić information content (AvgIpc) is 1.98. The number of ether oxygens (including phenoxy) is 1. The lowest BCUT2D eigenvalue weighted by molar-refractivity contribution is -0.152. The van der Waals surface area contributed by atoms with E-state index in [4.69, 9.17) is 4.74 Å². The first kappa shape index (κ1) is 10.4. The van der Waals surface area contributed by atoms with Gasteiger partial charge in [-0.25, -0.2) is 0 Å². The van der Waals surface area contributed by atoms with Crippen LogP contribution in [0.25, 0.3) is 0 Å². The van der Waals surface area contributed by atoms with Crippen molar-refractivity contribution in [1.82, 2.24) is 0 Å². The van der Waals surface area contributed by atoms with E-state index in [0.717, 1.165) is 0 Å². The van der Waals surface area contributed by atoms with Crippen molar-refractivity contribution in [3.05, 3.63) is 0 Å². The van der Waals surface area contributed by atoms with Crippen LogP contribution < -0.4 is 0 Å². The zero-order chi connectivity index (χ0) is 8.85. The quantitative estimate of drug-likeness (QED) is 0.626. The zero-order valence-corrected chi connectivity index (χ0v) is 7.33. The van der Waals surface area contributed by atoms with Crippen molar-refractivity contribution in [3.8, 4) is 0 Å². The van der Waals surface area contributed by atoms with E-state index in [0.29, 0.717) is 12.8 Å². The van der Waals surface area contributed by atoms with E-state index in [1.807, 2.05) is 13.8 Å². The molecule has 0 aliphatic rings. The van der Waals surface area contributed by atoms with E-state index in [1.165, 1.54) is 6.92 Å². The molecule has 0 aliphatic carbocycles. The normalized spacial score (nSPS) is 15.6. The summed E-state index contributed by atoms with van der Waals surface area (Å²) in [5, 5.41) is 9.29. The summed E-state index contributed by atoms with van der Waals surface area (Å²) in [7, 11) is 0. The fourth-order valence-electron chi connectivity index (χ4n) is 0.910. The fraction of sp³-hybridized carbons (Fsp3) is 0.875. The highest BCUT2D eigenvalue weighted by Crippen LogP contribution is 2.07. The third kappa shape index (κ3) is 3.98. The van der Waals surface area contributed by atoms with Crippen LogP contribution in [0.5, 0.6) is 0 Å². The van der Waals surface area contributed by atoms with Gasteiger partial charge < -0.3 is 9.84 Å². The molecule has 0 amide bonds. The van der Waals surface area contributed by atoms with Crippen LogP contribution in [0.2, 0.25) is 0 Å². The van der Waals surface area contributed by atoms with Crippen molar-refractivity contribution in [2.45, 2.75) is 45.8 Å². The van der Waals surface area contributed by atoms with Gasteiger partial charge in [0, 0.05) is 6.92 Å². The van der Waals surface area contributed by atoms with Gasteiger partial charge in [-0.15, -0.1) is 0 Å². The molecule has 0 spiro atoms. The highest BCUT2D eigenvalue weighted by molar-refractivity contribution is 5.66. The van der Waals surface area contributed by atoms with Gasteiger partial charge in [-0.3, -0.25) is 4.79 Å². The van der Waals surface area contributed by atoms with Crippen molar-refractivity contribution in [2.75, 3.05) is 0 Å². The van der Waals surface area contributed by atoms with Gasteiger partial charge in [-0.05, 0) is 12.8 Å². The fourth-order valence-corrected chi connectivity index (χ4v) is 0.910. The van der Waals surface area contributed by atoms with Crippen LogP contribution in [0.15, 0.2) is 0 Å². The highest BCUT2D eigenvalue weighted by Gasteiger charge is 2.17. The Labute approximate surface area is 67.4 Å². The second kappa shape index (κ2) is 5.13. The topological polar surface area (TPSA) is 46.5 Å². The predicted octanol–water partition coefficient (Wildman–Crippen LogP) is 1.10. The number of esters is 1. The Hall–Kier alpha value is -0.570. The monoisotopic (exact) mass is 160 g/mol. The number of hydrogen-bond donors (Lipinski definition) is 1. The van der Waals surface area contributed by atoms with Crippen LogP contribution in [0.1, 0.15) is 33.6 Å². The zero-order valence-electron chi connectivity index (χ0n) is 7.33. The Morgan fingerprint density at radius 2 is 2.00 bits per heavy atom. The lowest BCUT2D eigenvalue weighted by atomic mass is 10.1. The van der Waals surface area contributed by atoms with E-state index in [-0.39, 0.29) is 12.1 Å². The number of carbonyl (C=O) groups is 1. The summed E-state index contributed by atoms with van der Waals surface area (Å²) in [6.07, 6.45) is 0.418. The Kier molecular flexibility index (Phi) is 4.86. The molecule has 0 rings (SSSR count). The molecule has 0 aromatic rings. The van der Waals surface area contributed by atoms with Crippen LogP contribution in [-0.2, 0) is 9.53 Å². The molecule has 0 aliphatic heterocycles. The molecule has 3 heteroatoms.